The maximum Gasteiger partial charge on any atom is 0.405 e. The first-order valence-electron chi connectivity index (χ1n) is 12.3. The van der Waals surface area contributed by atoms with Crippen LogP contribution < -0.4 is 19.8 Å². The highest BCUT2D eigenvalue weighted by Crippen LogP contribution is 2.38. The monoisotopic (exact) mass is 545 g/mol. The van der Waals surface area contributed by atoms with Gasteiger partial charge in [0.2, 0.25) is 10.0 Å². The number of pyridine rings is 1. The molecule has 1 aromatic heterocycles. The molecule has 1 aromatic carbocycles. The predicted octanol–water partition coefficient (Wildman–Crippen LogP) is 2.14. The summed E-state index contributed by atoms with van der Waals surface area (Å²) in [7, 11) is -0.470. The smallest absolute Gasteiger partial charge is 0.405 e. The van der Waals surface area contributed by atoms with Crippen LogP contribution in [0.4, 0.5) is 16.4 Å². The fourth-order valence-corrected chi connectivity index (χ4v) is 4.56. The normalized spacial score (nSPS) is 18.1. The number of benzene rings is 1. The molecule has 1 aliphatic rings. The molecule has 4 atom stereocenters. The SMILES string of the molecule is CC1CC1CN(C)c1cc(C(=O)NC(Cc2ccccc2)C(=O)[C@@H](C)NC(=O)O)cc(N(C)S(C)(=O)=O)n1. The third-order valence-corrected chi connectivity index (χ3v) is 7.94. The highest BCUT2D eigenvalue weighted by molar-refractivity contribution is 7.92. The first-order valence-corrected chi connectivity index (χ1v) is 14.2. The zero-order chi connectivity index (χ0) is 28.2. The average molecular weight is 546 g/mol. The fraction of sp³-hybridized carbons (Fsp3) is 0.462. The largest absolute Gasteiger partial charge is 0.465 e. The second kappa shape index (κ2) is 11.8. The van der Waals surface area contributed by atoms with Crippen molar-refractivity contribution in [3.8, 4) is 0 Å². The van der Waals surface area contributed by atoms with Crippen molar-refractivity contribution in [2.75, 3.05) is 36.1 Å². The molecular formula is C26H35N5O6S. The summed E-state index contributed by atoms with van der Waals surface area (Å²) in [6, 6.07) is 9.86. The molecule has 206 valence electrons. The first-order chi connectivity index (χ1) is 17.8. The van der Waals surface area contributed by atoms with E-state index in [1.165, 1.54) is 20.0 Å². The molecule has 0 bridgehead atoms. The van der Waals surface area contributed by atoms with Crippen LogP contribution >= 0.6 is 0 Å². The van der Waals surface area contributed by atoms with Crippen LogP contribution in [-0.2, 0) is 21.2 Å². The molecule has 12 heteroatoms. The Kier molecular flexibility index (Phi) is 8.97. The number of carbonyl (C=O) groups excluding carboxylic acids is 2. The summed E-state index contributed by atoms with van der Waals surface area (Å²) in [5.41, 5.74) is 0.904. The van der Waals surface area contributed by atoms with Crippen molar-refractivity contribution < 1.29 is 27.9 Å². The minimum absolute atomic E-state index is 0.0673. The number of nitrogens with one attached hydrogen (secondary N) is 2. The number of carbonyl (C=O) groups is 3. The van der Waals surface area contributed by atoms with Gasteiger partial charge in [0, 0.05) is 26.2 Å². The third kappa shape index (κ3) is 7.67. The van der Waals surface area contributed by atoms with E-state index in [1.807, 2.05) is 18.0 Å². The lowest BCUT2D eigenvalue weighted by molar-refractivity contribution is -0.122. The van der Waals surface area contributed by atoms with E-state index in [4.69, 9.17) is 5.11 Å². The van der Waals surface area contributed by atoms with E-state index in [9.17, 15) is 22.8 Å². The van der Waals surface area contributed by atoms with Gasteiger partial charge in [-0.2, -0.15) is 0 Å². The highest BCUT2D eigenvalue weighted by atomic mass is 32.2. The van der Waals surface area contributed by atoms with E-state index in [0.717, 1.165) is 22.5 Å². The summed E-state index contributed by atoms with van der Waals surface area (Å²) in [5, 5.41) is 13.9. The zero-order valence-corrected chi connectivity index (χ0v) is 23.0. The molecule has 3 N–H and O–H groups in total. The van der Waals surface area contributed by atoms with Gasteiger partial charge in [0.25, 0.3) is 5.91 Å². The van der Waals surface area contributed by atoms with Gasteiger partial charge in [-0.05, 0) is 49.3 Å². The molecule has 0 saturated heterocycles. The van der Waals surface area contributed by atoms with Gasteiger partial charge in [0.1, 0.15) is 11.6 Å². The van der Waals surface area contributed by atoms with E-state index in [0.29, 0.717) is 24.2 Å². The second-order valence-electron chi connectivity index (χ2n) is 9.95. The van der Waals surface area contributed by atoms with Crippen molar-refractivity contribution >= 4 is 39.4 Å². The molecule has 0 spiro atoms. The molecule has 0 aliphatic heterocycles. The van der Waals surface area contributed by atoms with Crippen LogP contribution in [0.1, 0.15) is 36.2 Å². The van der Waals surface area contributed by atoms with Gasteiger partial charge in [-0.3, -0.25) is 13.9 Å². The number of ketones is 1. The molecule has 3 unspecified atom stereocenters. The summed E-state index contributed by atoms with van der Waals surface area (Å²) in [6.07, 6.45) is 0.926. The summed E-state index contributed by atoms with van der Waals surface area (Å²) >= 11 is 0. The highest BCUT2D eigenvalue weighted by Gasteiger charge is 2.34. The zero-order valence-electron chi connectivity index (χ0n) is 22.2. The molecular weight excluding hydrogens is 510 g/mol. The Balaban J connectivity index is 1.94. The Bertz CT molecular complexity index is 1290. The van der Waals surface area contributed by atoms with Gasteiger partial charge in [-0.25, -0.2) is 18.2 Å². The van der Waals surface area contributed by atoms with Gasteiger partial charge in [-0.1, -0.05) is 37.3 Å². The Labute approximate surface area is 223 Å². The minimum Gasteiger partial charge on any atom is -0.465 e. The molecule has 38 heavy (non-hydrogen) atoms. The van der Waals surface area contributed by atoms with Crippen LogP contribution in [0, 0.1) is 11.8 Å². The molecule has 0 radical (unpaired) electrons. The number of hydrogen-bond acceptors (Lipinski definition) is 7. The summed E-state index contributed by atoms with van der Waals surface area (Å²) in [5.74, 6) is 0.459. The van der Waals surface area contributed by atoms with Crippen LogP contribution in [0.25, 0.3) is 0 Å². The number of Topliss-reactive ketones (excluding diaryl/α,β-unsaturated/α-hetero) is 1. The number of aromatic nitrogens is 1. The number of nitrogens with zero attached hydrogens (tertiary/aromatic N) is 3. The Morgan fingerprint density at radius 2 is 1.71 bits per heavy atom. The number of hydrogen-bond donors (Lipinski definition) is 3. The van der Waals surface area contributed by atoms with Crippen LogP contribution in [0.2, 0.25) is 0 Å². The van der Waals surface area contributed by atoms with E-state index in [2.05, 4.69) is 22.5 Å². The van der Waals surface area contributed by atoms with Gasteiger partial charge in [0.15, 0.2) is 5.78 Å². The van der Waals surface area contributed by atoms with Crippen LogP contribution in [-0.4, -0.2) is 75.3 Å². The first kappa shape index (κ1) is 28.9. The summed E-state index contributed by atoms with van der Waals surface area (Å²) in [4.78, 5) is 44.1. The molecule has 2 amide bonds. The maximum absolute atomic E-state index is 13.5. The average Bonchev–Trinajstić information content (AvgIpc) is 3.55. The number of carboxylic acid groups (broad SMARTS) is 1. The van der Waals surface area contributed by atoms with Crippen LogP contribution in [0.15, 0.2) is 42.5 Å². The molecule has 11 nitrogen and oxygen atoms in total. The van der Waals surface area contributed by atoms with Crippen molar-refractivity contribution in [1.82, 2.24) is 15.6 Å². The standard InChI is InChI=1S/C26H35N5O6S/c1-16-11-20(16)15-30(3)22-13-19(14-23(29-22)31(4)38(5,36)37)25(33)28-21(12-18-9-7-6-8-10-18)24(32)17(2)27-26(34)35/h6-10,13-14,16-17,20-21,27H,11-12,15H2,1-5H3,(H,28,33)(H,34,35)/t16?,17-,20?,21?/m1/s1. The third-order valence-electron chi connectivity index (χ3n) is 6.75. The summed E-state index contributed by atoms with van der Waals surface area (Å²) in [6.45, 7) is 4.27. The molecule has 1 saturated carbocycles. The van der Waals surface area contributed by atoms with Gasteiger partial charge >= 0.3 is 6.09 Å². The van der Waals surface area contributed by atoms with Crippen molar-refractivity contribution in [2.45, 2.75) is 38.8 Å². The topological polar surface area (TPSA) is 149 Å². The number of sulfonamides is 1. The molecule has 1 fully saturated rings. The minimum atomic E-state index is -3.66. The molecule has 1 heterocycles. The quantitative estimate of drug-likeness (QED) is 0.367. The lowest BCUT2D eigenvalue weighted by Gasteiger charge is -2.24. The number of rotatable bonds is 12. The Hall–Kier alpha value is -3.67. The van der Waals surface area contributed by atoms with E-state index >= 15 is 0 Å². The number of anilines is 2. The van der Waals surface area contributed by atoms with Crippen molar-refractivity contribution in [1.29, 1.82) is 0 Å². The van der Waals surface area contributed by atoms with Gasteiger partial charge in [-0.15, -0.1) is 0 Å². The van der Waals surface area contributed by atoms with Gasteiger partial charge in [0.05, 0.1) is 18.3 Å². The van der Waals surface area contributed by atoms with Gasteiger partial charge < -0.3 is 20.6 Å². The van der Waals surface area contributed by atoms with E-state index < -0.39 is 39.9 Å². The second-order valence-corrected chi connectivity index (χ2v) is 12.0. The lowest BCUT2D eigenvalue weighted by Crippen LogP contribution is -2.50. The fourth-order valence-electron chi connectivity index (χ4n) is 4.13. The Morgan fingerprint density at radius 3 is 2.26 bits per heavy atom. The molecule has 2 aromatic rings. The van der Waals surface area contributed by atoms with E-state index in [1.54, 1.807) is 30.3 Å². The van der Waals surface area contributed by atoms with Crippen LogP contribution in [0.5, 0.6) is 0 Å². The molecule has 1 aliphatic carbocycles. The molecule has 3 rings (SSSR count). The summed E-state index contributed by atoms with van der Waals surface area (Å²) < 4.78 is 25.5. The number of amides is 2. The lowest BCUT2D eigenvalue weighted by atomic mass is 9.98. The van der Waals surface area contributed by atoms with Crippen molar-refractivity contribution in [2.24, 2.45) is 11.8 Å². The maximum atomic E-state index is 13.5. The Morgan fingerprint density at radius 1 is 1.11 bits per heavy atom. The van der Waals surface area contributed by atoms with Crippen molar-refractivity contribution in [3.05, 3.63) is 53.6 Å². The van der Waals surface area contributed by atoms with E-state index in [-0.39, 0.29) is 17.8 Å². The van der Waals surface area contributed by atoms with Crippen LogP contribution in [0.3, 0.4) is 0 Å². The predicted molar refractivity (Wildman–Crippen MR) is 145 cm³/mol. The van der Waals surface area contributed by atoms with Crippen molar-refractivity contribution in [3.63, 3.8) is 0 Å².